The first-order chi connectivity index (χ1) is 6.27. The first kappa shape index (κ1) is 9.23. The van der Waals surface area contributed by atoms with Crippen molar-refractivity contribution in [3.8, 4) is 0 Å². The fourth-order valence-corrected chi connectivity index (χ4v) is 3.19. The lowest BCUT2D eigenvalue weighted by molar-refractivity contribution is -0.125. The van der Waals surface area contributed by atoms with Crippen molar-refractivity contribution in [2.24, 2.45) is 17.3 Å². The van der Waals surface area contributed by atoms with Gasteiger partial charge in [0.25, 0.3) is 0 Å². The average molecular weight is 180 g/mol. The maximum absolute atomic E-state index is 11.3. The van der Waals surface area contributed by atoms with Gasteiger partial charge in [-0.05, 0) is 37.5 Å². The molecule has 0 bridgehead atoms. The first-order valence-electron chi connectivity index (χ1n) is 5.73. The summed E-state index contributed by atoms with van der Waals surface area (Å²) in [7, 11) is 0. The van der Waals surface area contributed by atoms with Gasteiger partial charge >= 0.3 is 0 Å². The van der Waals surface area contributed by atoms with E-state index in [9.17, 15) is 4.79 Å². The van der Waals surface area contributed by atoms with Gasteiger partial charge in [-0.1, -0.05) is 26.2 Å². The third-order valence-electron chi connectivity index (χ3n) is 4.22. The van der Waals surface area contributed by atoms with E-state index >= 15 is 0 Å². The van der Waals surface area contributed by atoms with Crippen LogP contribution >= 0.6 is 0 Å². The minimum atomic E-state index is 0.107. The van der Waals surface area contributed by atoms with Gasteiger partial charge in [-0.15, -0.1) is 0 Å². The second-order valence-corrected chi connectivity index (χ2v) is 5.18. The molecule has 2 fully saturated rings. The molecule has 1 heteroatoms. The first-order valence-corrected chi connectivity index (χ1v) is 5.73. The molecule has 0 spiro atoms. The Morgan fingerprint density at radius 3 is 2.46 bits per heavy atom. The third kappa shape index (κ3) is 1.53. The quantitative estimate of drug-likeness (QED) is 0.596. The fourth-order valence-electron chi connectivity index (χ4n) is 3.19. The molecule has 0 N–H and O–H groups in total. The molecule has 0 aromatic heterocycles. The van der Waals surface area contributed by atoms with Gasteiger partial charge in [-0.2, -0.15) is 0 Å². The number of aldehydes is 1. The molecular weight excluding hydrogens is 160 g/mol. The summed E-state index contributed by atoms with van der Waals surface area (Å²) >= 11 is 0. The summed E-state index contributed by atoms with van der Waals surface area (Å²) in [5, 5.41) is 0. The summed E-state index contributed by atoms with van der Waals surface area (Å²) in [5.74, 6) is 1.52. The largest absolute Gasteiger partial charge is 0.303 e. The second-order valence-electron chi connectivity index (χ2n) is 5.18. The van der Waals surface area contributed by atoms with Crippen LogP contribution in [-0.2, 0) is 4.79 Å². The predicted octanol–water partition coefficient (Wildman–Crippen LogP) is 3.18. The summed E-state index contributed by atoms with van der Waals surface area (Å²) in [4.78, 5) is 11.3. The standard InChI is InChI=1S/C12H20O/c1-10-4-3-7-12(8-10,9-13)11-5-2-6-11/h9-11H,2-8H2,1H3. The van der Waals surface area contributed by atoms with Gasteiger partial charge in [-0.3, -0.25) is 0 Å². The van der Waals surface area contributed by atoms with E-state index in [4.69, 9.17) is 0 Å². The van der Waals surface area contributed by atoms with E-state index < -0.39 is 0 Å². The summed E-state index contributed by atoms with van der Waals surface area (Å²) in [6.07, 6.45) is 10.2. The van der Waals surface area contributed by atoms with Gasteiger partial charge in [0.1, 0.15) is 6.29 Å². The minimum Gasteiger partial charge on any atom is -0.303 e. The predicted molar refractivity (Wildman–Crippen MR) is 53.5 cm³/mol. The van der Waals surface area contributed by atoms with Crippen molar-refractivity contribution in [1.82, 2.24) is 0 Å². The maximum Gasteiger partial charge on any atom is 0.126 e. The Kier molecular flexibility index (Phi) is 2.44. The lowest BCUT2D eigenvalue weighted by Gasteiger charge is -2.45. The molecule has 2 aliphatic carbocycles. The van der Waals surface area contributed by atoms with E-state index in [0.29, 0.717) is 0 Å². The fraction of sp³-hybridized carbons (Fsp3) is 0.917. The highest BCUT2D eigenvalue weighted by Gasteiger charge is 2.43. The zero-order valence-corrected chi connectivity index (χ0v) is 8.59. The normalized spacial score (nSPS) is 41.2. The summed E-state index contributed by atoms with van der Waals surface area (Å²) in [6, 6.07) is 0. The number of rotatable bonds is 2. The van der Waals surface area contributed by atoms with Crippen LogP contribution in [0.4, 0.5) is 0 Å². The molecule has 0 heterocycles. The van der Waals surface area contributed by atoms with E-state index in [1.807, 2.05) is 0 Å². The van der Waals surface area contributed by atoms with Gasteiger partial charge in [0.05, 0.1) is 0 Å². The molecule has 74 valence electrons. The molecule has 2 rings (SSSR count). The van der Waals surface area contributed by atoms with Crippen molar-refractivity contribution in [2.45, 2.75) is 51.9 Å². The summed E-state index contributed by atoms with van der Waals surface area (Å²) in [6.45, 7) is 2.30. The maximum atomic E-state index is 11.3. The molecule has 2 saturated carbocycles. The van der Waals surface area contributed by atoms with Crippen molar-refractivity contribution in [1.29, 1.82) is 0 Å². The zero-order valence-electron chi connectivity index (χ0n) is 8.59. The van der Waals surface area contributed by atoms with Crippen molar-refractivity contribution in [3.05, 3.63) is 0 Å². The Labute approximate surface area is 80.9 Å². The van der Waals surface area contributed by atoms with E-state index in [0.717, 1.165) is 11.8 Å². The summed E-state index contributed by atoms with van der Waals surface area (Å²) < 4.78 is 0. The van der Waals surface area contributed by atoms with Gasteiger partial charge in [-0.25, -0.2) is 0 Å². The molecule has 0 amide bonds. The number of carbonyl (C=O) groups is 1. The highest BCUT2D eigenvalue weighted by Crippen LogP contribution is 2.50. The highest BCUT2D eigenvalue weighted by molar-refractivity contribution is 5.60. The lowest BCUT2D eigenvalue weighted by atomic mass is 9.58. The Hall–Kier alpha value is -0.330. The van der Waals surface area contributed by atoms with Crippen LogP contribution in [0.3, 0.4) is 0 Å². The van der Waals surface area contributed by atoms with Gasteiger partial charge in [0, 0.05) is 5.41 Å². The molecular formula is C12H20O. The van der Waals surface area contributed by atoms with E-state index in [-0.39, 0.29) is 5.41 Å². The zero-order chi connectivity index (χ0) is 9.31. The Morgan fingerprint density at radius 1 is 1.23 bits per heavy atom. The Balaban J connectivity index is 2.08. The van der Waals surface area contributed by atoms with Crippen molar-refractivity contribution < 1.29 is 4.79 Å². The van der Waals surface area contributed by atoms with E-state index in [1.54, 1.807) is 0 Å². The van der Waals surface area contributed by atoms with Gasteiger partial charge < -0.3 is 4.79 Å². The lowest BCUT2D eigenvalue weighted by Crippen LogP contribution is -2.40. The van der Waals surface area contributed by atoms with Crippen LogP contribution in [0.15, 0.2) is 0 Å². The highest BCUT2D eigenvalue weighted by atomic mass is 16.1. The molecule has 13 heavy (non-hydrogen) atoms. The topological polar surface area (TPSA) is 17.1 Å². The SMILES string of the molecule is CC1CCCC(C=O)(C2CCC2)C1. The summed E-state index contributed by atoms with van der Waals surface area (Å²) in [5.41, 5.74) is 0.107. The molecule has 0 aliphatic heterocycles. The molecule has 2 unspecified atom stereocenters. The second kappa shape index (κ2) is 3.43. The number of hydrogen-bond acceptors (Lipinski definition) is 1. The molecule has 2 atom stereocenters. The smallest absolute Gasteiger partial charge is 0.126 e. The monoisotopic (exact) mass is 180 g/mol. The van der Waals surface area contributed by atoms with Crippen LogP contribution in [0.1, 0.15) is 51.9 Å². The van der Waals surface area contributed by atoms with Crippen LogP contribution in [0, 0.1) is 17.3 Å². The average Bonchev–Trinajstić information content (AvgIpc) is 2.01. The van der Waals surface area contributed by atoms with Gasteiger partial charge in [0.15, 0.2) is 0 Å². The third-order valence-corrected chi connectivity index (χ3v) is 4.22. The van der Waals surface area contributed by atoms with Crippen LogP contribution in [0.5, 0.6) is 0 Å². The molecule has 0 aromatic carbocycles. The van der Waals surface area contributed by atoms with Crippen LogP contribution in [0.2, 0.25) is 0 Å². The molecule has 1 nitrogen and oxygen atoms in total. The van der Waals surface area contributed by atoms with Crippen molar-refractivity contribution >= 4 is 6.29 Å². The van der Waals surface area contributed by atoms with Crippen LogP contribution in [-0.4, -0.2) is 6.29 Å². The van der Waals surface area contributed by atoms with Gasteiger partial charge in [0.2, 0.25) is 0 Å². The molecule has 0 aromatic rings. The Morgan fingerprint density at radius 2 is 2.00 bits per heavy atom. The van der Waals surface area contributed by atoms with E-state index in [2.05, 4.69) is 6.92 Å². The molecule has 0 radical (unpaired) electrons. The molecule has 0 saturated heterocycles. The molecule has 2 aliphatic rings. The van der Waals surface area contributed by atoms with Crippen LogP contribution in [0.25, 0.3) is 0 Å². The minimum absolute atomic E-state index is 0.107. The number of carbonyl (C=O) groups excluding carboxylic acids is 1. The van der Waals surface area contributed by atoms with Crippen molar-refractivity contribution in [3.63, 3.8) is 0 Å². The van der Waals surface area contributed by atoms with Crippen molar-refractivity contribution in [2.75, 3.05) is 0 Å². The number of hydrogen-bond donors (Lipinski definition) is 0. The van der Waals surface area contributed by atoms with Crippen LogP contribution < -0.4 is 0 Å². The van der Waals surface area contributed by atoms with E-state index in [1.165, 1.54) is 51.2 Å². The Bertz CT molecular complexity index is 195.